The van der Waals surface area contributed by atoms with Crippen molar-refractivity contribution in [3.05, 3.63) is 29.6 Å². The van der Waals surface area contributed by atoms with Crippen LogP contribution in [-0.4, -0.2) is 26.4 Å². The summed E-state index contributed by atoms with van der Waals surface area (Å²) in [7, 11) is 0. The molecule has 1 aromatic heterocycles. The summed E-state index contributed by atoms with van der Waals surface area (Å²) in [6.45, 7) is 7.41. The molecule has 0 amide bonds. The quantitative estimate of drug-likeness (QED) is 0.856. The smallest absolute Gasteiger partial charge is 0.326 e. The summed E-state index contributed by atoms with van der Waals surface area (Å²) in [4.78, 5) is 27.7. The van der Waals surface area contributed by atoms with Gasteiger partial charge in [0.05, 0.1) is 11.0 Å². The number of fused-ring (bicyclic) bond motifs is 1. The Kier molecular flexibility index (Phi) is 4.11. The molecular weight excluding hydrogens is 268 g/mol. The van der Waals surface area contributed by atoms with Crippen molar-refractivity contribution in [2.45, 2.75) is 46.1 Å². The molecule has 0 bridgehead atoms. The molecular formula is C16H20N2O3. The number of Topliss-reactive ketones (excluding diaryl/α,β-unsaturated/α-hetero) is 1. The molecule has 2 rings (SSSR count). The van der Waals surface area contributed by atoms with Crippen LogP contribution in [0.2, 0.25) is 0 Å². The number of aromatic nitrogens is 2. The molecule has 1 heterocycles. The first kappa shape index (κ1) is 15.2. The standard InChI is InChI=1S/C16H20N2O3/c1-5-14(19)11-6-7-13-12(8-11)17-15(9(2)3)18(13)10(4)16(20)21/h6-10H,5H2,1-4H3,(H,20,21). The highest BCUT2D eigenvalue weighted by atomic mass is 16.4. The second kappa shape index (κ2) is 5.68. The topological polar surface area (TPSA) is 72.2 Å². The average Bonchev–Trinajstić information content (AvgIpc) is 2.83. The fourth-order valence-electron chi connectivity index (χ4n) is 2.42. The van der Waals surface area contributed by atoms with Crippen LogP contribution in [0.3, 0.4) is 0 Å². The Balaban J connectivity index is 2.68. The number of carbonyl (C=O) groups is 2. The summed E-state index contributed by atoms with van der Waals surface area (Å²) in [6, 6.07) is 4.58. The fourth-order valence-corrected chi connectivity index (χ4v) is 2.42. The number of benzene rings is 1. The monoisotopic (exact) mass is 288 g/mol. The Hall–Kier alpha value is -2.17. The Morgan fingerprint density at radius 3 is 2.48 bits per heavy atom. The molecule has 1 atom stereocenters. The molecule has 0 saturated carbocycles. The highest BCUT2D eigenvalue weighted by molar-refractivity contribution is 5.99. The van der Waals surface area contributed by atoms with Crippen LogP contribution < -0.4 is 0 Å². The third kappa shape index (κ3) is 2.68. The van der Waals surface area contributed by atoms with Crippen molar-refractivity contribution in [3.8, 4) is 0 Å². The van der Waals surface area contributed by atoms with E-state index in [1.54, 1.807) is 29.7 Å². The molecule has 0 aliphatic rings. The Morgan fingerprint density at radius 2 is 1.95 bits per heavy atom. The van der Waals surface area contributed by atoms with Gasteiger partial charge in [0.15, 0.2) is 5.78 Å². The van der Waals surface area contributed by atoms with Crippen LogP contribution in [0.4, 0.5) is 0 Å². The van der Waals surface area contributed by atoms with Gasteiger partial charge in [-0.05, 0) is 25.1 Å². The first-order valence-corrected chi connectivity index (χ1v) is 7.14. The minimum Gasteiger partial charge on any atom is -0.480 e. The van der Waals surface area contributed by atoms with Gasteiger partial charge in [0.1, 0.15) is 11.9 Å². The lowest BCUT2D eigenvalue weighted by atomic mass is 10.1. The van der Waals surface area contributed by atoms with Crippen molar-refractivity contribution in [2.75, 3.05) is 0 Å². The lowest BCUT2D eigenvalue weighted by molar-refractivity contribution is -0.140. The first-order chi connectivity index (χ1) is 9.86. The number of ketones is 1. The molecule has 0 aliphatic heterocycles. The van der Waals surface area contributed by atoms with Crippen LogP contribution in [0.15, 0.2) is 18.2 Å². The van der Waals surface area contributed by atoms with Crippen molar-refractivity contribution in [3.63, 3.8) is 0 Å². The van der Waals surface area contributed by atoms with Gasteiger partial charge in [-0.1, -0.05) is 20.8 Å². The van der Waals surface area contributed by atoms with Crippen LogP contribution in [0, 0.1) is 0 Å². The molecule has 0 radical (unpaired) electrons. The van der Waals surface area contributed by atoms with Gasteiger partial charge in [0, 0.05) is 17.9 Å². The average molecular weight is 288 g/mol. The van der Waals surface area contributed by atoms with Gasteiger partial charge in [-0.15, -0.1) is 0 Å². The van der Waals surface area contributed by atoms with Crippen LogP contribution in [0.5, 0.6) is 0 Å². The zero-order valence-corrected chi connectivity index (χ0v) is 12.8. The first-order valence-electron chi connectivity index (χ1n) is 7.14. The minimum absolute atomic E-state index is 0.0591. The summed E-state index contributed by atoms with van der Waals surface area (Å²) >= 11 is 0. The van der Waals surface area contributed by atoms with Gasteiger partial charge in [0.25, 0.3) is 0 Å². The van der Waals surface area contributed by atoms with Crippen LogP contribution >= 0.6 is 0 Å². The maximum Gasteiger partial charge on any atom is 0.326 e. The van der Waals surface area contributed by atoms with Crippen LogP contribution in [0.1, 0.15) is 62.3 Å². The highest BCUT2D eigenvalue weighted by Gasteiger charge is 2.22. The van der Waals surface area contributed by atoms with E-state index in [4.69, 9.17) is 0 Å². The summed E-state index contributed by atoms with van der Waals surface area (Å²) in [5.74, 6) is -0.0146. The predicted molar refractivity (Wildman–Crippen MR) is 80.8 cm³/mol. The number of hydrogen-bond acceptors (Lipinski definition) is 3. The van der Waals surface area contributed by atoms with Gasteiger partial charge >= 0.3 is 5.97 Å². The lowest BCUT2D eigenvalue weighted by Gasteiger charge is -2.15. The van der Waals surface area contributed by atoms with Crippen molar-refractivity contribution >= 4 is 22.8 Å². The predicted octanol–water partition coefficient (Wildman–Crippen LogP) is 3.40. The van der Waals surface area contributed by atoms with Crippen molar-refractivity contribution in [1.29, 1.82) is 0 Å². The van der Waals surface area contributed by atoms with E-state index in [-0.39, 0.29) is 11.7 Å². The van der Waals surface area contributed by atoms with E-state index >= 15 is 0 Å². The van der Waals surface area contributed by atoms with E-state index < -0.39 is 12.0 Å². The number of carboxylic acid groups (broad SMARTS) is 1. The molecule has 0 spiro atoms. The lowest BCUT2D eigenvalue weighted by Crippen LogP contribution is -2.18. The number of hydrogen-bond donors (Lipinski definition) is 1. The van der Waals surface area contributed by atoms with E-state index in [0.717, 1.165) is 11.3 Å². The second-order valence-electron chi connectivity index (χ2n) is 5.49. The molecule has 5 heteroatoms. The molecule has 112 valence electrons. The molecule has 2 aromatic rings. The third-order valence-corrected chi connectivity index (χ3v) is 3.62. The van der Waals surface area contributed by atoms with Crippen molar-refractivity contribution in [2.24, 2.45) is 0 Å². The van der Waals surface area contributed by atoms with Gasteiger partial charge in [-0.25, -0.2) is 9.78 Å². The molecule has 0 saturated heterocycles. The van der Waals surface area contributed by atoms with Crippen LogP contribution in [0.25, 0.3) is 11.0 Å². The normalized spacial score (nSPS) is 12.8. The maximum absolute atomic E-state index is 11.8. The van der Waals surface area contributed by atoms with E-state index in [2.05, 4.69) is 4.98 Å². The number of nitrogens with zero attached hydrogens (tertiary/aromatic N) is 2. The van der Waals surface area contributed by atoms with E-state index in [1.807, 2.05) is 20.8 Å². The highest BCUT2D eigenvalue weighted by Crippen LogP contribution is 2.27. The summed E-state index contributed by atoms with van der Waals surface area (Å²) in [5, 5.41) is 9.30. The zero-order valence-electron chi connectivity index (χ0n) is 12.8. The van der Waals surface area contributed by atoms with Gasteiger partial charge in [-0.3, -0.25) is 4.79 Å². The molecule has 0 aliphatic carbocycles. The summed E-state index contributed by atoms with van der Waals surface area (Å²) in [6.07, 6.45) is 0.439. The zero-order chi connectivity index (χ0) is 15.7. The van der Waals surface area contributed by atoms with Gasteiger partial charge < -0.3 is 9.67 Å². The number of aliphatic carboxylic acids is 1. The molecule has 0 fully saturated rings. The van der Waals surface area contributed by atoms with Gasteiger partial charge in [-0.2, -0.15) is 0 Å². The molecule has 1 N–H and O–H groups in total. The number of imidazole rings is 1. The van der Waals surface area contributed by atoms with Gasteiger partial charge in [0.2, 0.25) is 0 Å². The third-order valence-electron chi connectivity index (χ3n) is 3.62. The second-order valence-corrected chi connectivity index (χ2v) is 5.49. The Labute approximate surface area is 123 Å². The van der Waals surface area contributed by atoms with Crippen molar-refractivity contribution < 1.29 is 14.7 Å². The minimum atomic E-state index is -0.898. The SMILES string of the molecule is CCC(=O)c1ccc2c(c1)nc(C(C)C)n2C(C)C(=O)O. The number of rotatable bonds is 5. The summed E-state index contributed by atoms with van der Waals surface area (Å²) < 4.78 is 1.74. The van der Waals surface area contributed by atoms with Crippen molar-refractivity contribution in [1.82, 2.24) is 9.55 Å². The van der Waals surface area contributed by atoms with E-state index in [1.165, 1.54) is 0 Å². The molecule has 1 aromatic carbocycles. The Morgan fingerprint density at radius 1 is 1.29 bits per heavy atom. The Bertz CT molecular complexity index is 701. The maximum atomic E-state index is 11.8. The fraction of sp³-hybridized carbons (Fsp3) is 0.438. The molecule has 21 heavy (non-hydrogen) atoms. The largest absolute Gasteiger partial charge is 0.480 e. The molecule has 1 unspecified atom stereocenters. The summed E-state index contributed by atoms with van der Waals surface area (Å²) in [5.41, 5.74) is 2.04. The molecule has 5 nitrogen and oxygen atoms in total. The van der Waals surface area contributed by atoms with E-state index in [0.29, 0.717) is 17.5 Å². The van der Waals surface area contributed by atoms with E-state index in [9.17, 15) is 14.7 Å². The number of carbonyl (C=O) groups excluding carboxylic acids is 1. The number of carboxylic acids is 1. The van der Waals surface area contributed by atoms with Crippen LogP contribution in [-0.2, 0) is 4.79 Å².